The molecule has 0 amide bonds. The molecular weight excluding hydrogens is 368 g/mol. The fourth-order valence-electron chi connectivity index (χ4n) is 3.91. The molecule has 1 heterocycles. The first-order valence-electron chi connectivity index (χ1n) is 10.4. The van der Waals surface area contributed by atoms with E-state index in [4.69, 9.17) is 21.3 Å². The first-order valence-corrected chi connectivity index (χ1v) is 10.8. The number of halogens is 1. The Balaban J connectivity index is 1.92. The van der Waals surface area contributed by atoms with Crippen LogP contribution >= 0.6 is 11.6 Å². The van der Waals surface area contributed by atoms with Gasteiger partial charge in [-0.15, -0.1) is 0 Å². The number of nitrogens with zero attached hydrogens (tertiary/aromatic N) is 1. The predicted molar refractivity (Wildman–Crippen MR) is 122 cm³/mol. The predicted octanol–water partition coefficient (Wildman–Crippen LogP) is 7.46. The van der Waals surface area contributed by atoms with Gasteiger partial charge in [-0.3, -0.25) is 0 Å². The average Bonchev–Trinajstić information content (AvgIpc) is 2.70. The van der Waals surface area contributed by atoms with Crippen LogP contribution in [-0.2, 0) is 0 Å². The van der Waals surface area contributed by atoms with Crippen molar-refractivity contribution in [3.8, 4) is 5.75 Å². The zero-order chi connectivity index (χ0) is 20.1. The van der Waals surface area contributed by atoms with Gasteiger partial charge in [0.05, 0.1) is 23.8 Å². The molecule has 0 saturated carbocycles. The van der Waals surface area contributed by atoms with Crippen LogP contribution in [0.15, 0.2) is 36.4 Å². The summed E-state index contributed by atoms with van der Waals surface area (Å²) in [4.78, 5) is 4.81. The maximum absolute atomic E-state index is 6.22. The van der Waals surface area contributed by atoms with Crippen LogP contribution in [0.3, 0.4) is 0 Å². The second-order valence-electron chi connectivity index (χ2n) is 7.69. The SMILES string of the molecule is CCC(CC)CCCC(C)Nc1c2ccc(Cl)cc2nc2ccc(OC)cc12. The standard InChI is InChI=1S/C24H31ClN2O/c1-5-17(6-2)9-7-8-16(3)26-24-20-12-10-18(25)14-23(20)27-22-13-11-19(28-4)15-21(22)24/h10-17H,5-9H2,1-4H3,(H,26,27). The Morgan fingerprint density at radius 1 is 1.00 bits per heavy atom. The van der Waals surface area contributed by atoms with E-state index < -0.39 is 0 Å². The van der Waals surface area contributed by atoms with Crippen LogP contribution < -0.4 is 10.1 Å². The number of methoxy groups -OCH3 is 1. The number of rotatable bonds is 9. The van der Waals surface area contributed by atoms with Gasteiger partial charge in [0.1, 0.15) is 5.75 Å². The number of anilines is 1. The quantitative estimate of drug-likeness (QED) is 0.380. The van der Waals surface area contributed by atoms with Crippen LogP contribution in [0.2, 0.25) is 5.02 Å². The second-order valence-corrected chi connectivity index (χ2v) is 8.13. The third-order valence-electron chi connectivity index (χ3n) is 5.74. The van der Waals surface area contributed by atoms with Gasteiger partial charge >= 0.3 is 0 Å². The highest BCUT2D eigenvalue weighted by molar-refractivity contribution is 6.31. The van der Waals surface area contributed by atoms with Crippen molar-refractivity contribution in [3.63, 3.8) is 0 Å². The van der Waals surface area contributed by atoms with E-state index in [2.05, 4.69) is 38.2 Å². The Morgan fingerprint density at radius 2 is 1.79 bits per heavy atom. The summed E-state index contributed by atoms with van der Waals surface area (Å²) >= 11 is 6.22. The molecule has 0 bridgehead atoms. The molecule has 4 heteroatoms. The minimum Gasteiger partial charge on any atom is -0.497 e. The molecule has 0 spiro atoms. The van der Waals surface area contributed by atoms with Gasteiger partial charge in [0, 0.05) is 21.8 Å². The number of hydrogen-bond donors (Lipinski definition) is 1. The summed E-state index contributed by atoms with van der Waals surface area (Å²) < 4.78 is 5.45. The molecule has 0 radical (unpaired) electrons. The van der Waals surface area contributed by atoms with Gasteiger partial charge in [-0.25, -0.2) is 4.98 Å². The van der Waals surface area contributed by atoms with E-state index in [-0.39, 0.29) is 0 Å². The lowest BCUT2D eigenvalue weighted by molar-refractivity contribution is 0.415. The third-order valence-corrected chi connectivity index (χ3v) is 5.97. The van der Waals surface area contributed by atoms with Crippen LogP contribution in [0.1, 0.15) is 52.9 Å². The molecule has 2 aromatic carbocycles. The van der Waals surface area contributed by atoms with Gasteiger partial charge in [-0.05, 0) is 55.7 Å². The number of fused-ring (bicyclic) bond motifs is 2. The van der Waals surface area contributed by atoms with Crippen molar-refractivity contribution in [1.82, 2.24) is 4.98 Å². The number of ether oxygens (including phenoxy) is 1. The van der Waals surface area contributed by atoms with Gasteiger partial charge in [0.2, 0.25) is 0 Å². The van der Waals surface area contributed by atoms with Crippen LogP contribution in [0.25, 0.3) is 21.8 Å². The van der Waals surface area contributed by atoms with Crippen LogP contribution in [0.5, 0.6) is 5.75 Å². The highest BCUT2D eigenvalue weighted by atomic mass is 35.5. The summed E-state index contributed by atoms with van der Waals surface area (Å²) in [5.74, 6) is 1.69. The summed E-state index contributed by atoms with van der Waals surface area (Å²) in [6.07, 6.45) is 6.26. The molecule has 0 aliphatic rings. The lowest BCUT2D eigenvalue weighted by Gasteiger charge is -2.20. The van der Waals surface area contributed by atoms with Gasteiger partial charge in [0.25, 0.3) is 0 Å². The highest BCUT2D eigenvalue weighted by Gasteiger charge is 2.13. The summed E-state index contributed by atoms with van der Waals surface area (Å²) in [7, 11) is 1.70. The van der Waals surface area contributed by atoms with Gasteiger partial charge in [-0.2, -0.15) is 0 Å². The topological polar surface area (TPSA) is 34.2 Å². The molecule has 3 aromatic rings. The van der Waals surface area contributed by atoms with Crippen molar-refractivity contribution < 1.29 is 4.74 Å². The van der Waals surface area contributed by atoms with Gasteiger partial charge in [0.15, 0.2) is 0 Å². The van der Waals surface area contributed by atoms with Gasteiger partial charge < -0.3 is 10.1 Å². The summed E-state index contributed by atoms with van der Waals surface area (Å²) in [6.45, 7) is 6.86. The maximum Gasteiger partial charge on any atom is 0.119 e. The molecular formula is C24H31ClN2O. The lowest BCUT2D eigenvalue weighted by Crippen LogP contribution is -2.16. The number of benzene rings is 2. The van der Waals surface area contributed by atoms with E-state index in [0.29, 0.717) is 11.1 Å². The fraction of sp³-hybridized carbons (Fsp3) is 0.458. The molecule has 1 aromatic heterocycles. The second kappa shape index (κ2) is 9.47. The molecule has 0 aliphatic carbocycles. The van der Waals surface area contributed by atoms with Crippen molar-refractivity contribution in [3.05, 3.63) is 41.4 Å². The highest BCUT2D eigenvalue weighted by Crippen LogP contribution is 2.35. The van der Waals surface area contributed by atoms with Crippen molar-refractivity contribution in [1.29, 1.82) is 0 Å². The molecule has 3 nitrogen and oxygen atoms in total. The number of pyridine rings is 1. The van der Waals surface area contributed by atoms with Crippen molar-refractivity contribution >= 4 is 39.1 Å². The maximum atomic E-state index is 6.22. The first kappa shape index (κ1) is 20.7. The molecule has 0 fully saturated rings. The van der Waals surface area contributed by atoms with Gasteiger partial charge in [-0.1, -0.05) is 51.1 Å². The summed E-state index contributed by atoms with van der Waals surface area (Å²) in [5, 5.41) is 6.65. The van der Waals surface area contributed by atoms with E-state index in [1.54, 1.807) is 7.11 Å². The monoisotopic (exact) mass is 398 g/mol. The molecule has 150 valence electrons. The van der Waals surface area contributed by atoms with Crippen molar-refractivity contribution in [2.24, 2.45) is 5.92 Å². The largest absolute Gasteiger partial charge is 0.497 e. The lowest BCUT2D eigenvalue weighted by atomic mass is 9.95. The van der Waals surface area contributed by atoms with Crippen LogP contribution in [0.4, 0.5) is 5.69 Å². The van der Waals surface area contributed by atoms with Crippen LogP contribution in [0, 0.1) is 5.92 Å². The summed E-state index contributed by atoms with van der Waals surface area (Å²) in [6, 6.07) is 12.3. The first-order chi connectivity index (χ1) is 13.5. The summed E-state index contributed by atoms with van der Waals surface area (Å²) in [5.41, 5.74) is 2.98. The smallest absolute Gasteiger partial charge is 0.119 e. The Bertz CT molecular complexity index is 937. The minimum atomic E-state index is 0.380. The van der Waals surface area contributed by atoms with E-state index in [9.17, 15) is 0 Å². The molecule has 0 saturated heterocycles. The molecule has 3 rings (SSSR count). The van der Waals surface area contributed by atoms with E-state index in [1.165, 1.54) is 25.7 Å². The third kappa shape index (κ3) is 4.70. The number of aromatic nitrogens is 1. The Kier molecular flexibility index (Phi) is 7.01. The Labute approximate surface area is 173 Å². The number of hydrogen-bond acceptors (Lipinski definition) is 3. The molecule has 28 heavy (non-hydrogen) atoms. The van der Waals surface area contributed by atoms with E-state index >= 15 is 0 Å². The molecule has 0 aliphatic heterocycles. The van der Waals surface area contributed by atoms with E-state index in [0.717, 1.165) is 45.6 Å². The molecule has 1 unspecified atom stereocenters. The van der Waals surface area contributed by atoms with E-state index in [1.807, 2.05) is 24.3 Å². The van der Waals surface area contributed by atoms with Crippen molar-refractivity contribution in [2.45, 2.75) is 58.9 Å². The Morgan fingerprint density at radius 3 is 2.50 bits per heavy atom. The zero-order valence-electron chi connectivity index (χ0n) is 17.4. The fourth-order valence-corrected chi connectivity index (χ4v) is 4.07. The molecule has 1 atom stereocenters. The Hall–Kier alpha value is -2.00. The minimum absolute atomic E-state index is 0.380. The normalized spacial score (nSPS) is 12.6. The molecule has 1 N–H and O–H groups in total. The zero-order valence-corrected chi connectivity index (χ0v) is 18.1. The van der Waals surface area contributed by atoms with Crippen LogP contribution in [-0.4, -0.2) is 18.1 Å². The van der Waals surface area contributed by atoms with Crippen molar-refractivity contribution in [2.75, 3.05) is 12.4 Å². The average molecular weight is 399 g/mol. The number of nitrogens with one attached hydrogen (secondary N) is 1.